The zero-order chi connectivity index (χ0) is 44.8. The summed E-state index contributed by atoms with van der Waals surface area (Å²) in [6.07, 6.45) is 46.8. The summed E-state index contributed by atoms with van der Waals surface area (Å²) in [4.78, 5) is 21.5. The summed E-state index contributed by atoms with van der Waals surface area (Å²) in [6, 6.07) is 0. The van der Waals surface area contributed by atoms with Gasteiger partial charge in [0.15, 0.2) is 6.54 Å². The van der Waals surface area contributed by atoms with Gasteiger partial charge in [0, 0.05) is 12.9 Å². The second-order valence-electron chi connectivity index (χ2n) is 17.8. The average Bonchev–Trinajstić information content (AvgIpc) is 3.09. The predicted molar refractivity (Wildman–Crippen MR) is 243 cm³/mol. The third-order valence-corrected chi connectivity index (χ3v) is 8.80. The molecule has 0 aromatic rings. The first-order valence-electron chi connectivity index (χ1n) is 23.1. The molecule has 11 heteroatoms. The molecule has 58 heavy (non-hydrogen) atoms. The number of carboxylic acid groups (broad SMARTS) is 1. The number of carbonyl (C=O) groups is 2. The highest BCUT2D eigenvalue weighted by atomic mass is 32.2. The van der Waals surface area contributed by atoms with Crippen LogP contribution in [0.1, 0.15) is 194 Å². The third-order valence-electron chi connectivity index (χ3n) is 8.80. The van der Waals surface area contributed by atoms with E-state index in [9.17, 15) is 14.7 Å². The van der Waals surface area contributed by atoms with E-state index in [2.05, 4.69) is 38.2 Å². The zero-order valence-electron chi connectivity index (χ0n) is 39.5. The van der Waals surface area contributed by atoms with Crippen LogP contribution in [0.5, 0.6) is 0 Å². The molecule has 0 spiro atoms. The van der Waals surface area contributed by atoms with Gasteiger partial charge in [-0.25, -0.2) is 13.2 Å². The van der Waals surface area contributed by atoms with E-state index in [1.165, 1.54) is 167 Å². The summed E-state index contributed by atoms with van der Waals surface area (Å²) >= 11 is 0. The molecule has 0 aromatic carbocycles. The van der Waals surface area contributed by atoms with Crippen LogP contribution in [-0.4, -0.2) is 114 Å². The summed E-state index contributed by atoms with van der Waals surface area (Å²) in [6.45, 7) is 6.01. The number of hydrogen-bond donors (Lipinski definition) is 1. The highest BCUT2D eigenvalue weighted by molar-refractivity contribution is 7.84. The van der Waals surface area contributed by atoms with Crippen LogP contribution >= 0.6 is 0 Å². The van der Waals surface area contributed by atoms with Crippen LogP contribution in [0.3, 0.4) is 0 Å². The minimum Gasteiger partial charge on any atom is -0.748 e. The lowest BCUT2D eigenvalue weighted by Crippen LogP contribution is -2.45. The molecule has 0 heterocycles. The van der Waals surface area contributed by atoms with E-state index in [0.717, 1.165) is 12.8 Å². The Bertz CT molecular complexity index is 1030. The van der Waals surface area contributed by atoms with E-state index in [1.807, 2.05) is 21.1 Å². The molecule has 348 valence electrons. The number of aliphatic carboxylic acids is 1. The minimum absolute atomic E-state index is 0.0694. The molecular formula is C47H96N2O8S. The first-order chi connectivity index (χ1) is 27.3. The smallest absolute Gasteiger partial charge is 0.361 e. The lowest BCUT2D eigenvalue weighted by atomic mass is 10.1. The Hall–Kier alpha value is -1.79. The molecule has 10 nitrogen and oxygen atoms in total. The number of unbranched alkanes of at least 4 members (excludes halogenated alkanes) is 24. The van der Waals surface area contributed by atoms with Crippen LogP contribution in [0.2, 0.25) is 0 Å². The number of carbonyl (C=O) groups excluding carboxylic acids is 2. The van der Waals surface area contributed by atoms with Gasteiger partial charge < -0.3 is 33.3 Å². The van der Waals surface area contributed by atoms with Crippen molar-refractivity contribution in [2.45, 2.75) is 194 Å². The van der Waals surface area contributed by atoms with Gasteiger partial charge >= 0.3 is 5.97 Å². The first kappa shape index (κ1) is 62.9. The second-order valence-corrected chi connectivity index (χ2v) is 19.2. The molecule has 0 saturated heterocycles. The summed E-state index contributed by atoms with van der Waals surface area (Å²) in [5, 5.41) is 18.5. The largest absolute Gasteiger partial charge is 0.748 e. The number of esters is 1. The van der Waals surface area contributed by atoms with Crippen LogP contribution in [-0.2, 0) is 24.4 Å². The number of likely N-dealkylation sites (N-methyl/N-ethyl adjacent to an activating group) is 2. The lowest BCUT2D eigenvalue weighted by molar-refractivity contribution is -0.864. The molecule has 0 aliphatic heterocycles. The number of rotatable bonds is 35. The van der Waals surface area contributed by atoms with Crippen molar-refractivity contribution in [1.29, 1.82) is 0 Å². The van der Waals surface area contributed by atoms with Crippen molar-refractivity contribution >= 4 is 22.1 Å². The van der Waals surface area contributed by atoms with Crippen LogP contribution in [0.4, 0.5) is 0 Å². The fourth-order valence-corrected chi connectivity index (χ4v) is 5.72. The number of aliphatic hydroxyl groups is 1. The van der Waals surface area contributed by atoms with Crippen molar-refractivity contribution < 1.29 is 46.5 Å². The SMILES string of the molecule is CCCCCCCC/C=C\CCCCCCCCO.CCCCCCCC/C=C\CCCCCCCCOC(=O)C[N+](C)(C)C.CS(=O)(=O)[O-].C[N+](C)(C)CC(=O)[O-]. The number of aliphatic hydroxyl groups excluding tert-OH is 1. The average molecular weight is 849 g/mol. The van der Waals surface area contributed by atoms with Gasteiger partial charge in [-0.1, -0.05) is 154 Å². The summed E-state index contributed by atoms with van der Waals surface area (Å²) < 4.78 is 33.6. The minimum atomic E-state index is -3.92. The monoisotopic (exact) mass is 849 g/mol. The predicted octanol–water partition coefficient (Wildman–Crippen LogP) is 9.89. The number of carboxylic acids is 1. The van der Waals surface area contributed by atoms with Crippen molar-refractivity contribution in [1.82, 2.24) is 0 Å². The Labute approximate surface area is 360 Å². The van der Waals surface area contributed by atoms with Crippen molar-refractivity contribution in [2.24, 2.45) is 0 Å². The summed E-state index contributed by atoms with van der Waals surface area (Å²) in [7, 11) is 7.50. The van der Waals surface area contributed by atoms with Gasteiger partial charge in [0.1, 0.15) is 6.54 Å². The van der Waals surface area contributed by atoms with Gasteiger partial charge in [-0.3, -0.25) is 0 Å². The van der Waals surface area contributed by atoms with Gasteiger partial charge in [0.05, 0.1) is 65.0 Å². The molecule has 0 radical (unpaired) electrons. The molecule has 0 aromatic heterocycles. The van der Waals surface area contributed by atoms with Gasteiger partial charge in [0.25, 0.3) is 0 Å². The Balaban J connectivity index is -0.000000394. The van der Waals surface area contributed by atoms with Crippen LogP contribution < -0.4 is 5.11 Å². The van der Waals surface area contributed by atoms with Gasteiger partial charge in [-0.2, -0.15) is 0 Å². The zero-order valence-corrected chi connectivity index (χ0v) is 40.4. The lowest BCUT2D eigenvalue weighted by Gasteiger charge is -2.23. The molecule has 0 aliphatic rings. The number of hydrogen-bond acceptors (Lipinski definition) is 8. The second kappa shape index (κ2) is 46.3. The van der Waals surface area contributed by atoms with E-state index >= 15 is 0 Å². The highest BCUT2D eigenvalue weighted by Gasteiger charge is 2.15. The van der Waals surface area contributed by atoms with E-state index < -0.39 is 16.1 Å². The molecular weight excluding hydrogens is 753 g/mol. The molecule has 0 unspecified atom stereocenters. The van der Waals surface area contributed by atoms with E-state index in [1.54, 1.807) is 21.1 Å². The number of quaternary nitrogens is 2. The van der Waals surface area contributed by atoms with Gasteiger partial charge in [-0.15, -0.1) is 0 Å². The van der Waals surface area contributed by atoms with Gasteiger partial charge in [-0.05, 0) is 64.2 Å². The molecule has 0 fully saturated rings. The normalized spacial score (nSPS) is 11.7. The van der Waals surface area contributed by atoms with E-state index in [-0.39, 0.29) is 12.5 Å². The Kier molecular flexibility index (Phi) is 50.2. The van der Waals surface area contributed by atoms with Crippen molar-refractivity contribution in [3.63, 3.8) is 0 Å². The Morgan fingerprint density at radius 3 is 1.05 bits per heavy atom. The number of ether oxygens (including phenoxy) is 1. The third kappa shape index (κ3) is 82.2. The number of nitrogens with zero attached hydrogens (tertiary/aromatic N) is 2. The molecule has 0 saturated carbocycles. The Morgan fingerprint density at radius 1 is 0.517 bits per heavy atom. The van der Waals surface area contributed by atoms with Crippen LogP contribution in [0.25, 0.3) is 0 Å². The topological polar surface area (TPSA) is 144 Å². The van der Waals surface area contributed by atoms with Crippen LogP contribution in [0, 0.1) is 0 Å². The Morgan fingerprint density at radius 2 is 0.793 bits per heavy atom. The van der Waals surface area contributed by atoms with E-state index in [4.69, 9.17) is 22.8 Å². The molecule has 1 N–H and O–H groups in total. The molecule has 0 rings (SSSR count). The van der Waals surface area contributed by atoms with Gasteiger partial charge in [0.2, 0.25) is 0 Å². The standard InChI is InChI=1S/C23H46NO2.C18H36O.C5H11NO2.CH4O3S/c1-5-6-7-8-9-10-11-12-13-14-15-16-17-18-19-20-21-26-23(25)22-24(2,3)4;1-2-3-4-5-6-7-8-9-10-11-12-13-14-15-16-17-18-19;1-6(2,3)4-5(7)8;1-5(2,3)4/h12-13H,5-11,14-22H2,1-4H3;9-10,19H,2-8,11-18H2,1H3;4H2,1-3H3;1H3,(H,2,3,4)/q+1;;;/p-1/b13-12-;10-9-;;. The van der Waals surface area contributed by atoms with E-state index in [0.29, 0.717) is 35.0 Å². The molecule has 0 atom stereocenters. The molecule has 0 bridgehead atoms. The van der Waals surface area contributed by atoms with Crippen molar-refractivity contribution in [2.75, 3.05) is 74.8 Å². The van der Waals surface area contributed by atoms with Crippen molar-refractivity contribution in [3.05, 3.63) is 24.3 Å². The highest BCUT2D eigenvalue weighted by Crippen LogP contribution is 2.11. The molecule has 0 aliphatic carbocycles. The summed E-state index contributed by atoms with van der Waals surface area (Å²) in [5.41, 5.74) is 0. The maximum absolute atomic E-state index is 11.6. The maximum Gasteiger partial charge on any atom is 0.361 e. The molecule has 0 amide bonds. The summed E-state index contributed by atoms with van der Waals surface area (Å²) in [5.74, 6) is -1.08. The first-order valence-corrected chi connectivity index (χ1v) is 24.9. The quantitative estimate of drug-likeness (QED) is 0.0218. The van der Waals surface area contributed by atoms with Crippen LogP contribution in [0.15, 0.2) is 24.3 Å². The fraction of sp³-hybridized carbons (Fsp3) is 0.872. The fourth-order valence-electron chi connectivity index (χ4n) is 5.72. The number of allylic oxidation sites excluding steroid dienone is 4. The maximum atomic E-state index is 11.6. The van der Waals surface area contributed by atoms with Crippen molar-refractivity contribution in [3.8, 4) is 0 Å².